The van der Waals surface area contributed by atoms with E-state index in [9.17, 15) is 9.59 Å². The highest BCUT2D eigenvalue weighted by molar-refractivity contribution is 7.09. The Morgan fingerprint density at radius 3 is 2.50 bits per heavy atom. The molecule has 0 atom stereocenters. The van der Waals surface area contributed by atoms with Crippen LogP contribution in [-0.2, 0) is 9.59 Å². The maximum Gasteiger partial charge on any atom is 0.328 e. The van der Waals surface area contributed by atoms with E-state index in [4.69, 9.17) is 5.11 Å². The molecule has 0 saturated carbocycles. The summed E-state index contributed by atoms with van der Waals surface area (Å²) in [5.41, 5.74) is 2.46. The van der Waals surface area contributed by atoms with Crippen molar-refractivity contribution in [3.05, 3.63) is 46.8 Å². The molecule has 0 fully saturated rings. The molecule has 6 heteroatoms. The predicted molar refractivity (Wildman–Crippen MR) is 77.7 cm³/mol. The number of nitrogens with zero attached hydrogens (tertiary/aromatic N) is 1. The number of aliphatic carboxylic acids is 1. The van der Waals surface area contributed by atoms with Crippen LogP contribution in [0.2, 0.25) is 0 Å². The van der Waals surface area contributed by atoms with Crippen LogP contribution in [0, 0.1) is 6.92 Å². The third-order valence-corrected chi connectivity index (χ3v) is 3.22. The second-order valence-electron chi connectivity index (χ2n) is 3.99. The lowest BCUT2D eigenvalue weighted by atomic mass is 10.1. The van der Waals surface area contributed by atoms with Crippen LogP contribution < -0.4 is 5.32 Å². The second-order valence-corrected chi connectivity index (χ2v) is 5.05. The molecule has 2 N–H and O–H groups in total. The third kappa shape index (κ3) is 3.76. The van der Waals surface area contributed by atoms with Crippen molar-refractivity contribution < 1.29 is 14.7 Å². The van der Waals surface area contributed by atoms with Crippen molar-refractivity contribution in [3.63, 3.8) is 0 Å². The molecular weight excluding hydrogens is 276 g/mol. The summed E-state index contributed by atoms with van der Waals surface area (Å²) in [4.78, 5) is 26.1. The molecule has 0 aliphatic carbocycles. The number of hydrogen-bond acceptors (Lipinski definition) is 4. The number of carbonyl (C=O) groups is 2. The Morgan fingerprint density at radius 2 is 1.95 bits per heavy atom. The van der Waals surface area contributed by atoms with Crippen LogP contribution in [-0.4, -0.2) is 22.0 Å². The van der Waals surface area contributed by atoms with Gasteiger partial charge in [0.25, 0.3) is 0 Å². The standard InChI is InChI=1S/C14H12N2O3S/c1-9-15-12(8-20-9)10-2-4-11(5-3-10)16-13(17)6-7-14(18)19/h2-8H,1H3,(H,16,17)(H,18,19)/b7-6+. The van der Waals surface area contributed by atoms with E-state index in [0.717, 1.165) is 28.4 Å². The second kappa shape index (κ2) is 6.12. The van der Waals surface area contributed by atoms with E-state index >= 15 is 0 Å². The number of benzene rings is 1. The van der Waals surface area contributed by atoms with Crippen LogP contribution in [0.1, 0.15) is 5.01 Å². The van der Waals surface area contributed by atoms with Gasteiger partial charge in [-0.15, -0.1) is 11.3 Å². The number of rotatable bonds is 4. The molecular formula is C14H12N2O3S. The molecule has 0 aliphatic heterocycles. The number of carboxylic acid groups (broad SMARTS) is 1. The predicted octanol–water partition coefficient (Wildman–Crippen LogP) is 2.70. The monoisotopic (exact) mass is 288 g/mol. The highest BCUT2D eigenvalue weighted by Crippen LogP contribution is 2.22. The number of aryl methyl sites for hydroxylation is 1. The fraction of sp³-hybridized carbons (Fsp3) is 0.0714. The molecule has 1 heterocycles. The van der Waals surface area contributed by atoms with Gasteiger partial charge in [-0.3, -0.25) is 4.79 Å². The summed E-state index contributed by atoms with van der Waals surface area (Å²) < 4.78 is 0. The van der Waals surface area contributed by atoms with Gasteiger partial charge in [-0.05, 0) is 19.1 Å². The van der Waals surface area contributed by atoms with Crippen LogP contribution in [0.25, 0.3) is 11.3 Å². The van der Waals surface area contributed by atoms with Crippen LogP contribution in [0.4, 0.5) is 5.69 Å². The minimum absolute atomic E-state index is 0.482. The van der Waals surface area contributed by atoms with E-state index in [1.165, 1.54) is 0 Å². The fourth-order valence-electron chi connectivity index (χ4n) is 1.55. The maximum absolute atomic E-state index is 11.4. The maximum atomic E-state index is 11.4. The van der Waals surface area contributed by atoms with Crippen LogP contribution in [0.5, 0.6) is 0 Å². The summed E-state index contributed by atoms with van der Waals surface area (Å²) >= 11 is 1.58. The number of amides is 1. The summed E-state index contributed by atoms with van der Waals surface area (Å²) in [6.45, 7) is 1.94. The smallest absolute Gasteiger partial charge is 0.328 e. The number of anilines is 1. The summed E-state index contributed by atoms with van der Waals surface area (Å²) in [7, 11) is 0. The van der Waals surface area contributed by atoms with E-state index in [2.05, 4.69) is 10.3 Å². The first-order chi connectivity index (χ1) is 9.54. The average Bonchev–Trinajstić information content (AvgIpc) is 2.84. The van der Waals surface area contributed by atoms with Gasteiger partial charge in [-0.2, -0.15) is 0 Å². The number of hydrogen-bond donors (Lipinski definition) is 2. The molecule has 0 saturated heterocycles. The van der Waals surface area contributed by atoms with Gasteiger partial charge in [0.15, 0.2) is 0 Å². The minimum atomic E-state index is -1.16. The highest BCUT2D eigenvalue weighted by Gasteiger charge is 2.03. The molecule has 0 unspecified atom stereocenters. The summed E-state index contributed by atoms with van der Waals surface area (Å²) in [5, 5.41) is 14.0. The van der Waals surface area contributed by atoms with Crippen molar-refractivity contribution in [3.8, 4) is 11.3 Å². The molecule has 1 amide bonds. The van der Waals surface area contributed by atoms with Crippen molar-refractivity contribution in [2.75, 3.05) is 5.32 Å². The first kappa shape index (κ1) is 14.0. The van der Waals surface area contributed by atoms with Gasteiger partial charge < -0.3 is 10.4 Å². The Hall–Kier alpha value is -2.47. The van der Waals surface area contributed by atoms with E-state index in [-0.39, 0.29) is 0 Å². The van der Waals surface area contributed by atoms with E-state index in [0.29, 0.717) is 5.69 Å². The number of carbonyl (C=O) groups excluding carboxylic acids is 1. The normalized spacial score (nSPS) is 10.7. The van der Waals surface area contributed by atoms with Crippen LogP contribution in [0.15, 0.2) is 41.8 Å². The molecule has 1 aromatic carbocycles. The zero-order chi connectivity index (χ0) is 14.5. The third-order valence-electron chi connectivity index (χ3n) is 2.44. The van der Waals surface area contributed by atoms with Crippen molar-refractivity contribution in [2.24, 2.45) is 0 Å². The average molecular weight is 288 g/mol. The van der Waals surface area contributed by atoms with E-state index in [1.807, 2.05) is 24.4 Å². The van der Waals surface area contributed by atoms with Crippen molar-refractivity contribution in [1.82, 2.24) is 4.98 Å². The van der Waals surface area contributed by atoms with Gasteiger partial charge in [0.2, 0.25) is 5.91 Å². The van der Waals surface area contributed by atoms with Gasteiger partial charge in [0, 0.05) is 28.8 Å². The minimum Gasteiger partial charge on any atom is -0.478 e. The lowest BCUT2D eigenvalue weighted by Crippen LogP contribution is -2.08. The molecule has 20 heavy (non-hydrogen) atoms. The van der Waals surface area contributed by atoms with Gasteiger partial charge in [0.1, 0.15) is 0 Å². The molecule has 2 aromatic rings. The molecule has 0 bridgehead atoms. The van der Waals surface area contributed by atoms with E-state index in [1.54, 1.807) is 23.5 Å². The first-order valence-electron chi connectivity index (χ1n) is 5.79. The van der Waals surface area contributed by atoms with Crippen LogP contribution >= 0.6 is 11.3 Å². The van der Waals surface area contributed by atoms with Crippen molar-refractivity contribution in [1.29, 1.82) is 0 Å². The van der Waals surface area contributed by atoms with Crippen molar-refractivity contribution in [2.45, 2.75) is 6.92 Å². The highest BCUT2D eigenvalue weighted by atomic mass is 32.1. The topological polar surface area (TPSA) is 79.3 Å². The quantitative estimate of drug-likeness (QED) is 0.848. The number of aromatic nitrogens is 1. The molecule has 102 valence electrons. The fourth-order valence-corrected chi connectivity index (χ4v) is 2.17. The molecule has 0 aliphatic rings. The number of thiazole rings is 1. The molecule has 0 radical (unpaired) electrons. The van der Waals surface area contributed by atoms with Crippen LogP contribution in [0.3, 0.4) is 0 Å². The zero-order valence-electron chi connectivity index (χ0n) is 10.7. The SMILES string of the molecule is Cc1nc(-c2ccc(NC(=O)/C=C/C(=O)O)cc2)cs1. The van der Waals surface area contributed by atoms with E-state index < -0.39 is 11.9 Å². The molecule has 5 nitrogen and oxygen atoms in total. The Bertz CT molecular complexity index is 659. The lowest BCUT2D eigenvalue weighted by Gasteiger charge is -2.03. The summed E-state index contributed by atoms with van der Waals surface area (Å²) in [6.07, 6.45) is 1.77. The molecule has 0 spiro atoms. The number of carboxylic acids is 1. The Kier molecular flexibility index (Phi) is 4.27. The largest absolute Gasteiger partial charge is 0.478 e. The zero-order valence-corrected chi connectivity index (χ0v) is 11.5. The lowest BCUT2D eigenvalue weighted by molar-refractivity contribution is -0.131. The summed E-state index contributed by atoms with van der Waals surface area (Å²) in [5.74, 6) is -1.64. The Labute approximate surface area is 119 Å². The Balaban J connectivity index is 2.05. The first-order valence-corrected chi connectivity index (χ1v) is 6.67. The Morgan fingerprint density at radius 1 is 1.25 bits per heavy atom. The van der Waals surface area contributed by atoms with Gasteiger partial charge in [0.05, 0.1) is 10.7 Å². The number of nitrogens with one attached hydrogen (secondary N) is 1. The van der Waals surface area contributed by atoms with Gasteiger partial charge in [-0.1, -0.05) is 12.1 Å². The van der Waals surface area contributed by atoms with Gasteiger partial charge in [-0.25, -0.2) is 9.78 Å². The van der Waals surface area contributed by atoms with Crippen molar-refractivity contribution >= 4 is 28.9 Å². The summed E-state index contributed by atoms with van der Waals surface area (Å²) in [6, 6.07) is 7.20. The molecule has 2 rings (SSSR count). The molecule has 1 aromatic heterocycles. The van der Waals surface area contributed by atoms with Gasteiger partial charge >= 0.3 is 5.97 Å².